The minimum atomic E-state index is -0.980. The first-order valence-electron chi connectivity index (χ1n) is 22.4. The van der Waals surface area contributed by atoms with Crippen molar-refractivity contribution >= 4 is 34.6 Å². The van der Waals surface area contributed by atoms with E-state index in [9.17, 15) is 24.3 Å². The van der Waals surface area contributed by atoms with Gasteiger partial charge in [0.2, 0.25) is 11.8 Å². The number of phenols is 1. The van der Waals surface area contributed by atoms with E-state index in [1.54, 1.807) is 42.4 Å². The summed E-state index contributed by atoms with van der Waals surface area (Å²) in [7, 11) is 5.29. The van der Waals surface area contributed by atoms with E-state index < -0.39 is 23.4 Å². The number of methoxy groups -OCH3 is 1. The van der Waals surface area contributed by atoms with E-state index in [4.69, 9.17) is 9.47 Å². The average Bonchev–Trinajstić information content (AvgIpc) is 3.81. The van der Waals surface area contributed by atoms with Crippen LogP contribution in [0.3, 0.4) is 0 Å². The van der Waals surface area contributed by atoms with Crippen molar-refractivity contribution in [1.82, 2.24) is 35.1 Å². The first-order valence-corrected chi connectivity index (χ1v) is 22.4. The molecule has 4 aromatic rings. The van der Waals surface area contributed by atoms with E-state index in [0.717, 1.165) is 76.6 Å². The molecule has 2 fully saturated rings. The normalized spacial score (nSPS) is 16.9. The van der Waals surface area contributed by atoms with E-state index in [-0.39, 0.29) is 48.5 Å². The Morgan fingerprint density at radius 1 is 1.05 bits per heavy atom. The number of nitrogens with zero attached hydrogens (tertiary/aromatic N) is 5. The van der Waals surface area contributed by atoms with Crippen LogP contribution in [0.1, 0.15) is 83.9 Å². The van der Waals surface area contributed by atoms with Crippen molar-refractivity contribution in [2.75, 3.05) is 47.4 Å². The fraction of sp³-hybridized carbons (Fsp3) is 0.531. The van der Waals surface area contributed by atoms with E-state index in [0.29, 0.717) is 38.2 Å². The fourth-order valence-corrected chi connectivity index (χ4v) is 9.40. The number of aromatic hydroxyl groups is 1. The fourth-order valence-electron chi connectivity index (χ4n) is 9.40. The lowest BCUT2D eigenvalue weighted by atomic mass is 9.84. The summed E-state index contributed by atoms with van der Waals surface area (Å²) in [4.78, 5) is 62.4. The molecule has 4 heterocycles. The predicted molar refractivity (Wildman–Crippen MR) is 244 cm³/mol. The van der Waals surface area contributed by atoms with Crippen molar-refractivity contribution in [3.8, 4) is 28.1 Å². The van der Waals surface area contributed by atoms with Crippen LogP contribution in [0.4, 0.5) is 0 Å². The molecule has 0 unspecified atom stereocenters. The highest BCUT2D eigenvalue weighted by Crippen LogP contribution is 2.41. The first kappa shape index (κ1) is 47.2. The number of amides is 3. The highest BCUT2D eigenvalue weighted by atomic mass is 16.5. The summed E-state index contributed by atoms with van der Waals surface area (Å²) in [5, 5.41) is 17.0. The Morgan fingerprint density at radius 3 is 2.48 bits per heavy atom. The van der Waals surface area contributed by atoms with Crippen molar-refractivity contribution in [3.05, 3.63) is 71.5 Å². The molecule has 14 heteroatoms. The number of rotatable bonds is 17. The molecule has 2 aliphatic heterocycles. The molecule has 2 saturated heterocycles. The number of phenolic OH excluding ortho intramolecular Hbond substituents is 1. The quantitative estimate of drug-likeness (QED) is 0.106. The third-order valence-electron chi connectivity index (χ3n) is 12.5. The summed E-state index contributed by atoms with van der Waals surface area (Å²) in [5.74, 6) is -1.31. The van der Waals surface area contributed by atoms with Gasteiger partial charge in [-0.25, -0.2) is 5.43 Å². The molecule has 3 amide bonds. The Labute approximate surface area is 372 Å². The van der Waals surface area contributed by atoms with Crippen LogP contribution in [0.5, 0.6) is 5.75 Å². The van der Waals surface area contributed by atoms with Gasteiger partial charge in [-0.15, -0.1) is 0 Å². The van der Waals surface area contributed by atoms with Gasteiger partial charge in [0.05, 0.1) is 24.9 Å². The van der Waals surface area contributed by atoms with Gasteiger partial charge < -0.3 is 29.4 Å². The largest absolute Gasteiger partial charge is 0.508 e. The zero-order valence-electron chi connectivity index (χ0n) is 38.6. The Bertz CT molecular complexity index is 2280. The molecule has 0 bridgehead atoms. The summed E-state index contributed by atoms with van der Waals surface area (Å²) in [5.41, 5.74) is 10.1. The van der Waals surface area contributed by atoms with Crippen LogP contribution < -0.4 is 10.7 Å². The maximum atomic E-state index is 14.3. The lowest BCUT2D eigenvalue weighted by molar-refractivity contribution is -0.146. The molecule has 0 aliphatic carbocycles. The standard InChI is InChI=1S/C49H67N7O7/c1-10-55-42-16-15-34(26-38(42)39(27-49(5,6)30-63-32(4)57)45(55)40-28-50-19-17-35(40)29-62-9)36-22-33(23-37(58)25-36)24-41(47(60)56-21-12-11-18-51-56)52-46(59)44(31(2)3)54(8)48(61)43-14-13-20-53(43)7/h15-17,19,22-23,25-26,28,31,41,43-44,51,58H,10-14,18,20-21,24,27,29-30H2,1-9H3,(H,52,59)/t41-,43+,44-/m0/s1. The van der Waals surface area contributed by atoms with Crippen molar-refractivity contribution in [2.45, 2.75) is 111 Å². The van der Waals surface area contributed by atoms with Gasteiger partial charge in [-0.2, -0.15) is 0 Å². The molecule has 0 spiro atoms. The minimum absolute atomic E-state index is 0.0245. The van der Waals surface area contributed by atoms with Crippen LogP contribution >= 0.6 is 0 Å². The highest BCUT2D eigenvalue weighted by molar-refractivity contribution is 5.96. The van der Waals surface area contributed by atoms with Gasteiger partial charge >= 0.3 is 5.97 Å². The number of esters is 1. The molecule has 2 aromatic carbocycles. The second-order valence-corrected chi connectivity index (χ2v) is 18.4. The van der Waals surface area contributed by atoms with Crippen LogP contribution in [0.15, 0.2) is 54.9 Å². The van der Waals surface area contributed by atoms with Crippen molar-refractivity contribution in [1.29, 1.82) is 0 Å². The second kappa shape index (κ2) is 20.5. The molecule has 0 saturated carbocycles. The number of likely N-dealkylation sites (N-methyl/N-ethyl adjacent to an activating group) is 2. The number of nitrogens with one attached hydrogen (secondary N) is 2. The molecule has 0 radical (unpaired) electrons. The highest BCUT2D eigenvalue weighted by Gasteiger charge is 2.38. The Hall–Kier alpha value is -5.31. The van der Waals surface area contributed by atoms with Gasteiger partial charge in [0.1, 0.15) is 17.8 Å². The van der Waals surface area contributed by atoms with Gasteiger partial charge in [-0.05, 0) is 117 Å². The average molecular weight is 866 g/mol. The van der Waals surface area contributed by atoms with Gasteiger partial charge in [0.15, 0.2) is 0 Å². The summed E-state index contributed by atoms with van der Waals surface area (Å²) >= 11 is 0. The molecule has 340 valence electrons. The maximum Gasteiger partial charge on any atom is 0.302 e. The summed E-state index contributed by atoms with van der Waals surface area (Å²) in [6, 6.07) is 11.5. The van der Waals surface area contributed by atoms with Crippen LogP contribution in [-0.4, -0.2) is 119 Å². The molecule has 2 aliphatic rings. The SMILES string of the molecule is CCn1c(-c2cnccc2COC)c(CC(C)(C)COC(C)=O)c2cc(-c3cc(O)cc(C[C@H](NC(=O)[C@H](C(C)C)N(C)C(=O)[C@H]4CCCN4C)C(=O)N4CCCCN4)c3)ccc21. The zero-order valence-corrected chi connectivity index (χ0v) is 38.6. The monoisotopic (exact) mass is 866 g/mol. The smallest absolute Gasteiger partial charge is 0.302 e. The lowest BCUT2D eigenvalue weighted by Gasteiger charge is -2.35. The predicted octanol–water partition coefficient (Wildman–Crippen LogP) is 6.11. The molecule has 6 rings (SSSR count). The number of hydrogen-bond donors (Lipinski definition) is 3. The van der Waals surface area contributed by atoms with E-state index in [2.05, 4.69) is 53.2 Å². The molecular formula is C49H67N7O7. The number of carbonyl (C=O) groups is 4. The Kier molecular flexibility index (Phi) is 15.3. The van der Waals surface area contributed by atoms with E-state index in [1.807, 2.05) is 50.2 Å². The maximum absolute atomic E-state index is 14.3. The number of carbonyl (C=O) groups excluding carboxylic acids is 4. The second-order valence-electron chi connectivity index (χ2n) is 18.4. The van der Waals surface area contributed by atoms with Gasteiger partial charge in [-0.3, -0.25) is 34.1 Å². The van der Waals surface area contributed by atoms with Crippen molar-refractivity contribution in [2.24, 2.45) is 11.3 Å². The van der Waals surface area contributed by atoms with E-state index in [1.165, 1.54) is 6.92 Å². The van der Waals surface area contributed by atoms with Gasteiger partial charge in [-0.1, -0.05) is 39.8 Å². The number of aryl methyl sites for hydroxylation is 1. The first-order chi connectivity index (χ1) is 30.0. The number of ether oxygens (including phenoxy) is 2. The minimum Gasteiger partial charge on any atom is -0.508 e. The number of likely N-dealkylation sites (tertiary alicyclic amines) is 1. The van der Waals surface area contributed by atoms with Crippen LogP contribution in [0.2, 0.25) is 0 Å². The Morgan fingerprint density at radius 2 is 1.83 bits per heavy atom. The molecule has 63 heavy (non-hydrogen) atoms. The van der Waals surface area contributed by atoms with Crippen molar-refractivity contribution in [3.63, 3.8) is 0 Å². The number of aromatic nitrogens is 2. The summed E-state index contributed by atoms with van der Waals surface area (Å²) < 4.78 is 13.5. The van der Waals surface area contributed by atoms with Crippen LogP contribution in [-0.2, 0) is 54.6 Å². The lowest BCUT2D eigenvalue weighted by Crippen LogP contribution is -2.60. The number of hydrogen-bond acceptors (Lipinski definition) is 10. The van der Waals surface area contributed by atoms with Crippen LogP contribution in [0.25, 0.3) is 33.3 Å². The van der Waals surface area contributed by atoms with Crippen molar-refractivity contribution < 1.29 is 33.8 Å². The summed E-state index contributed by atoms with van der Waals surface area (Å²) in [6.07, 6.45) is 7.76. The number of fused-ring (bicyclic) bond motifs is 1. The Balaban J connectivity index is 1.39. The molecule has 3 atom stereocenters. The van der Waals surface area contributed by atoms with E-state index >= 15 is 0 Å². The van der Waals surface area contributed by atoms with Gasteiger partial charge in [0.25, 0.3) is 5.91 Å². The van der Waals surface area contributed by atoms with Gasteiger partial charge in [0, 0.05) is 81.4 Å². The third kappa shape index (κ3) is 10.9. The molecule has 3 N–H and O–H groups in total. The third-order valence-corrected chi connectivity index (χ3v) is 12.5. The molecule has 14 nitrogen and oxygen atoms in total. The molecule has 2 aromatic heterocycles. The zero-order chi connectivity index (χ0) is 45.6. The van der Waals surface area contributed by atoms with Crippen LogP contribution in [0, 0.1) is 11.3 Å². The number of pyridine rings is 1. The number of benzene rings is 2. The topological polar surface area (TPSA) is 159 Å². The summed E-state index contributed by atoms with van der Waals surface area (Å²) in [6.45, 7) is 14.8. The molecular weight excluding hydrogens is 799 g/mol. The number of hydrazine groups is 1.